The van der Waals surface area contributed by atoms with Crippen molar-refractivity contribution in [2.45, 2.75) is 4.34 Å². The van der Waals surface area contributed by atoms with Gasteiger partial charge in [-0.25, -0.2) is 9.78 Å². The van der Waals surface area contributed by atoms with Gasteiger partial charge in [-0.05, 0) is 14.1 Å². The Kier molecular flexibility index (Phi) is 4.37. The number of carboxylic acids is 1. The predicted octanol–water partition coefficient (Wildman–Crippen LogP) is 1.50. The first-order valence-corrected chi connectivity index (χ1v) is 5.92. The number of aromatic carboxylic acids is 1. The molecular formula is C8H12N2O2S2. The highest BCUT2D eigenvalue weighted by atomic mass is 32.2. The van der Waals surface area contributed by atoms with Crippen molar-refractivity contribution in [3.63, 3.8) is 0 Å². The molecule has 0 aliphatic carbocycles. The van der Waals surface area contributed by atoms with E-state index in [0.29, 0.717) is 0 Å². The van der Waals surface area contributed by atoms with Crippen molar-refractivity contribution in [2.75, 3.05) is 26.4 Å². The molecule has 0 saturated carbocycles. The number of thioether (sulfide) groups is 1. The first-order valence-electron chi connectivity index (χ1n) is 4.06. The summed E-state index contributed by atoms with van der Waals surface area (Å²) in [6.07, 6.45) is 0. The van der Waals surface area contributed by atoms with Crippen LogP contribution in [0.25, 0.3) is 0 Å². The minimum atomic E-state index is -0.958. The molecule has 1 N–H and O–H groups in total. The van der Waals surface area contributed by atoms with Crippen molar-refractivity contribution in [3.8, 4) is 0 Å². The Hall–Kier alpha value is -0.590. The molecule has 0 radical (unpaired) electrons. The second-order valence-corrected chi connectivity index (χ2v) is 5.16. The maximum absolute atomic E-state index is 10.5. The highest BCUT2D eigenvalue weighted by Crippen LogP contribution is 2.22. The summed E-state index contributed by atoms with van der Waals surface area (Å²) < 4.78 is 0.823. The van der Waals surface area contributed by atoms with Crippen LogP contribution in [0.3, 0.4) is 0 Å². The molecule has 0 aromatic carbocycles. The molecule has 0 aliphatic rings. The summed E-state index contributed by atoms with van der Waals surface area (Å²) in [5.74, 6) is -0.0275. The number of carbonyl (C=O) groups is 1. The van der Waals surface area contributed by atoms with E-state index in [0.717, 1.165) is 16.6 Å². The zero-order valence-electron chi connectivity index (χ0n) is 8.06. The molecule has 6 heteroatoms. The molecule has 0 aliphatic heterocycles. The third kappa shape index (κ3) is 3.65. The highest BCUT2D eigenvalue weighted by Gasteiger charge is 2.08. The Bertz CT molecular complexity index is 312. The maximum atomic E-state index is 10.5. The van der Waals surface area contributed by atoms with Crippen LogP contribution in [0.5, 0.6) is 0 Å². The number of carboxylic acid groups (broad SMARTS) is 1. The molecule has 78 valence electrons. The van der Waals surface area contributed by atoms with Crippen LogP contribution in [-0.4, -0.2) is 47.4 Å². The average molecular weight is 232 g/mol. The van der Waals surface area contributed by atoms with Crippen molar-refractivity contribution in [3.05, 3.63) is 11.1 Å². The van der Waals surface area contributed by atoms with E-state index < -0.39 is 5.97 Å². The van der Waals surface area contributed by atoms with Gasteiger partial charge < -0.3 is 10.0 Å². The van der Waals surface area contributed by atoms with Crippen LogP contribution < -0.4 is 0 Å². The van der Waals surface area contributed by atoms with E-state index >= 15 is 0 Å². The molecule has 1 heterocycles. The number of nitrogens with zero attached hydrogens (tertiary/aromatic N) is 2. The predicted molar refractivity (Wildman–Crippen MR) is 58.4 cm³/mol. The molecule has 0 saturated heterocycles. The van der Waals surface area contributed by atoms with Crippen LogP contribution in [0.15, 0.2) is 9.72 Å². The Morgan fingerprint density at radius 2 is 2.43 bits per heavy atom. The fraction of sp³-hybridized carbons (Fsp3) is 0.500. The minimum absolute atomic E-state index is 0.141. The zero-order chi connectivity index (χ0) is 10.6. The summed E-state index contributed by atoms with van der Waals surface area (Å²) in [4.78, 5) is 16.6. The first-order chi connectivity index (χ1) is 6.59. The van der Waals surface area contributed by atoms with Gasteiger partial charge in [0.25, 0.3) is 0 Å². The highest BCUT2D eigenvalue weighted by molar-refractivity contribution is 8.01. The molecule has 0 amide bonds. The molecule has 0 spiro atoms. The molecule has 1 aromatic heterocycles. The quantitative estimate of drug-likeness (QED) is 0.780. The summed E-state index contributed by atoms with van der Waals surface area (Å²) in [5.41, 5.74) is 0.141. The van der Waals surface area contributed by atoms with Gasteiger partial charge in [-0.2, -0.15) is 0 Å². The molecule has 1 aromatic rings. The van der Waals surface area contributed by atoms with Crippen molar-refractivity contribution in [1.82, 2.24) is 9.88 Å². The summed E-state index contributed by atoms with van der Waals surface area (Å²) in [6.45, 7) is 0.965. The summed E-state index contributed by atoms with van der Waals surface area (Å²) in [7, 11) is 4.01. The Morgan fingerprint density at radius 3 is 2.93 bits per heavy atom. The van der Waals surface area contributed by atoms with Crippen LogP contribution >= 0.6 is 23.1 Å². The molecule has 0 fully saturated rings. The van der Waals surface area contributed by atoms with Crippen LogP contribution in [0, 0.1) is 0 Å². The van der Waals surface area contributed by atoms with E-state index in [-0.39, 0.29) is 5.69 Å². The zero-order valence-corrected chi connectivity index (χ0v) is 9.69. The minimum Gasteiger partial charge on any atom is -0.476 e. The largest absolute Gasteiger partial charge is 0.476 e. The molecule has 0 atom stereocenters. The normalized spacial score (nSPS) is 10.8. The summed E-state index contributed by atoms with van der Waals surface area (Å²) in [6, 6.07) is 0. The molecule has 14 heavy (non-hydrogen) atoms. The van der Waals surface area contributed by atoms with Gasteiger partial charge in [0, 0.05) is 17.7 Å². The van der Waals surface area contributed by atoms with Gasteiger partial charge in [-0.1, -0.05) is 11.8 Å². The lowest BCUT2D eigenvalue weighted by Crippen LogP contribution is -2.14. The molecule has 0 bridgehead atoms. The molecule has 4 nitrogen and oxygen atoms in total. The third-order valence-electron chi connectivity index (χ3n) is 1.47. The Balaban J connectivity index is 2.40. The standard InChI is InChI=1S/C8H12N2O2S2/c1-10(2)3-4-13-8-9-6(5-14-8)7(11)12/h5H,3-4H2,1-2H3,(H,11,12). The molecule has 0 unspecified atom stereocenters. The fourth-order valence-electron chi connectivity index (χ4n) is 0.737. The lowest BCUT2D eigenvalue weighted by molar-refractivity contribution is 0.0691. The van der Waals surface area contributed by atoms with E-state index in [9.17, 15) is 4.79 Å². The lowest BCUT2D eigenvalue weighted by atomic mass is 10.5. The second-order valence-electron chi connectivity index (χ2n) is 2.96. The maximum Gasteiger partial charge on any atom is 0.355 e. The van der Waals surface area contributed by atoms with E-state index in [1.807, 2.05) is 14.1 Å². The van der Waals surface area contributed by atoms with Gasteiger partial charge >= 0.3 is 5.97 Å². The topological polar surface area (TPSA) is 53.4 Å². The number of thiazole rings is 1. The van der Waals surface area contributed by atoms with Gasteiger partial charge in [0.2, 0.25) is 0 Å². The number of rotatable bonds is 5. The number of hydrogen-bond donors (Lipinski definition) is 1. The lowest BCUT2D eigenvalue weighted by Gasteiger charge is -2.06. The monoisotopic (exact) mass is 232 g/mol. The molecular weight excluding hydrogens is 220 g/mol. The third-order valence-corrected chi connectivity index (χ3v) is 3.47. The number of aromatic nitrogens is 1. The van der Waals surface area contributed by atoms with E-state index in [2.05, 4.69) is 9.88 Å². The van der Waals surface area contributed by atoms with Gasteiger partial charge in [-0.3, -0.25) is 0 Å². The summed E-state index contributed by atoms with van der Waals surface area (Å²) >= 11 is 2.97. The van der Waals surface area contributed by atoms with Crippen LogP contribution in [0.1, 0.15) is 10.5 Å². The fourth-order valence-corrected chi connectivity index (χ4v) is 2.71. The summed E-state index contributed by atoms with van der Waals surface area (Å²) in [5, 5.41) is 10.2. The smallest absolute Gasteiger partial charge is 0.355 e. The van der Waals surface area contributed by atoms with E-state index in [1.165, 1.54) is 11.3 Å². The SMILES string of the molecule is CN(C)CCSc1nc(C(=O)O)cs1. The van der Waals surface area contributed by atoms with E-state index in [4.69, 9.17) is 5.11 Å². The van der Waals surface area contributed by atoms with Gasteiger partial charge in [0.05, 0.1) is 0 Å². The number of hydrogen-bond acceptors (Lipinski definition) is 5. The van der Waals surface area contributed by atoms with Crippen molar-refractivity contribution in [2.24, 2.45) is 0 Å². The van der Waals surface area contributed by atoms with Crippen molar-refractivity contribution < 1.29 is 9.90 Å². The van der Waals surface area contributed by atoms with Crippen LogP contribution in [0.2, 0.25) is 0 Å². The van der Waals surface area contributed by atoms with Gasteiger partial charge in [0.1, 0.15) is 0 Å². The van der Waals surface area contributed by atoms with Crippen molar-refractivity contribution in [1.29, 1.82) is 0 Å². The molecule has 1 rings (SSSR count). The van der Waals surface area contributed by atoms with Crippen LogP contribution in [-0.2, 0) is 0 Å². The Labute approximate surface area is 91.0 Å². The second kappa shape index (κ2) is 5.33. The van der Waals surface area contributed by atoms with E-state index in [1.54, 1.807) is 17.1 Å². The van der Waals surface area contributed by atoms with Crippen LogP contribution in [0.4, 0.5) is 0 Å². The first kappa shape index (κ1) is 11.5. The Morgan fingerprint density at radius 1 is 1.71 bits per heavy atom. The van der Waals surface area contributed by atoms with Crippen molar-refractivity contribution >= 4 is 29.1 Å². The average Bonchev–Trinajstić information content (AvgIpc) is 2.52. The van der Waals surface area contributed by atoms with Gasteiger partial charge in [-0.15, -0.1) is 11.3 Å². The van der Waals surface area contributed by atoms with Gasteiger partial charge in [0.15, 0.2) is 10.0 Å².